The Hall–Kier alpha value is -0.320. The predicted molar refractivity (Wildman–Crippen MR) is 64.2 cm³/mol. The summed E-state index contributed by atoms with van der Waals surface area (Å²) in [5.41, 5.74) is 5.66. The van der Waals surface area contributed by atoms with Gasteiger partial charge in [-0.2, -0.15) is 0 Å². The molecule has 0 aliphatic rings. The average molecular weight is 239 g/mol. The number of halogens is 1. The maximum Gasteiger partial charge on any atom is 0.237 e. The number of carbonyl (C=O) groups is 1. The van der Waals surface area contributed by atoms with Gasteiger partial charge in [0, 0.05) is 19.8 Å². The van der Waals surface area contributed by atoms with Crippen LogP contribution in [0.5, 0.6) is 0 Å². The molecule has 0 aromatic rings. The Labute approximate surface area is 98.3 Å². The fraction of sp³-hybridized carbons (Fsp3) is 0.900. The van der Waals surface area contributed by atoms with Gasteiger partial charge in [0.15, 0.2) is 0 Å². The summed E-state index contributed by atoms with van der Waals surface area (Å²) in [6, 6.07) is -0.240. The Morgan fingerprint density at radius 2 is 2.07 bits per heavy atom. The zero-order valence-electron chi connectivity index (χ0n) is 9.79. The fourth-order valence-electron chi connectivity index (χ4n) is 1.16. The number of carbonyl (C=O) groups excluding carboxylic acids is 1. The SMILES string of the molecule is CCCC(N)C(=O)NC(C)CCOC.Cl. The van der Waals surface area contributed by atoms with Crippen LogP contribution >= 0.6 is 12.4 Å². The first kappa shape index (κ1) is 17.1. The highest BCUT2D eigenvalue weighted by atomic mass is 35.5. The Balaban J connectivity index is 0. The van der Waals surface area contributed by atoms with E-state index in [1.54, 1.807) is 7.11 Å². The maximum atomic E-state index is 11.4. The van der Waals surface area contributed by atoms with Gasteiger partial charge >= 0.3 is 0 Å². The molecule has 15 heavy (non-hydrogen) atoms. The zero-order chi connectivity index (χ0) is 11.0. The molecule has 0 rings (SSSR count). The first-order valence-corrected chi connectivity index (χ1v) is 5.16. The Kier molecular flexibility index (Phi) is 11.6. The van der Waals surface area contributed by atoms with Crippen LogP contribution in [0.3, 0.4) is 0 Å². The van der Waals surface area contributed by atoms with Crippen LogP contribution in [0, 0.1) is 0 Å². The third-order valence-corrected chi connectivity index (χ3v) is 2.08. The van der Waals surface area contributed by atoms with E-state index in [-0.39, 0.29) is 30.4 Å². The number of hydrogen-bond donors (Lipinski definition) is 2. The molecule has 0 heterocycles. The summed E-state index contributed by atoms with van der Waals surface area (Å²) < 4.78 is 4.92. The zero-order valence-corrected chi connectivity index (χ0v) is 10.6. The van der Waals surface area contributed by atoms with Crippen LogP contribution in [-0.4, -0.2) is 31.7 Å². The summed E-state index contributed by atoms with van der Waals surface area (Å²) in [5, 5.41) is 2.86. The van der Waals surface area contributed by atoms with Crippen molar-refractivity contribution in [2.75, 3.05) is 13.7 Å². The lowest BCUT2D eigenvalue weighted by atomic mass is 10.1. The molecule has 5 heteroatoms. The molecule has 0 aliphatic carbocycles. The summed E-state index contributed by atoms with van der Waals surface area (Å²) in [6.45, 7) is 4.63. The van der Waals surface area contributed by atoms with E-state index in [2.05, 4.69) is 5.32 Å². The molecule has 3 N–H and O–H groups in total. The van der Waals surface area contributed by atoms with Crippen molar-refractivity contribution in [2.24, 2.45) is 5.73 Å². The molecule has 2 unspecified atom stereocenters. The number of ether oxygens (including phenoxy) is 1. The van der Waals surface area contributed by atoms with Crippen LogP contribution in [0.4, 0.5) is 0 Å². The molecule has 0 aliphatic heterocycles. The molecular formula is C10H23ClN2O2. The number of amides is 1. The summed E-state index contributed by atoms with van der Waals surface area (Å²) in [6.07, 6.45) is 2.49. The molecule has 0 saturated carbocycles. The van der Waals surface area contributed by atoms with Gasteiger partial charge in [0.25, 0.3) is 0 Å². The molecule has 0 bridgehead atoms. The van der Waals surface area contributed by atoms with Crippen molar-refractivity contribution in [1.29, 1.82) is 0 Å². The van der Waals surface area contributed by atoms with Crippen molar-refractivity contribution in [1.82, 2.24) is 5.32 Å². The standard InChI is InChI=1S/C10H22N2O2.ClH/c1-4-5-9(11)10(13)12-8(2)6-7-14-3;/h8-9H,4-7,11H2,1-3H3,(H,12,13);1H. The largest absolute Gasteiger partial charge is 0.385 e. The third-order valence-electron chi connectivity index (χ3n) is 2.08. The number of methoxy groups -OCH3 is 1. The molecule has 0 radical (unpaired) electrons. The number of rotatable bonds is 7. The topological polar surface area (TPSA) is 64.4 Å². The van der Waals surface area contributed by atoms with Gasteiger partial charge in [-0.3, -0.25) is 4.79 Å². The Bertz CT molecular complexity index is 168. The number of hydrogen-bond acceptors (Lipinski definition) is 3. The molecule has 0 fully saturated rings. The third kappa shape index (κ3) is 8.66. The van der Waals surface area contributed by atoms with Crippen LogP contribution in [0.1, 0.15) is 33.1 Å². The highest BCUT2D eigenvalue weighted by Crippen LogP contribution is 1.96. The van der Waals surface area contributed by atoms with Gasteiger partial charge in [0.1, 0.15) is 0 Å². The van der Waals surface area contributed by atoms with Gasteiger partial charge in [-0.15, -0.1) is 12.4 Å². The van der Waals surface area contributed by atoms with Gasteiger partial charge in [-0.05, 0) is 19.8 Å². The van der Waals surface area contributed by atoms with Crippen molar-refractivity contribution in [3.8, 4) is 0 Å². The quantitative estimate of drug-likeness (QED) is 0.698. The molecule has 0 aromatic heterocycles. The van der Waals surface area contributed by atoms with Crippen molar-refractivity contribution in [3.63, 3.8) is 0 Å². The fourth-order valence-corrected chi connectivity index (χ4v) is 1.16. The summed E-state index contributed by atoms with van der Waals surface area (Å²) in [4.78, 5) is 11.4. The van der Waals surface area contributed by atoms with E-state index < -0.39 is 0 Å². The van der Waals surface area contributed by atoms with Crippen LogP contribution in [-0.2, 0) is 9.53 Å². The van der Waals surface area contributed by atoms with Crippen molar-refractivity contribution < 1.29 is 9.53 Å². The monoisotopic (exact) mass is 238 g/mol. The molecular weight excluding hydrogens is 216 g/mol. The maximum absolute atomic E-state index is 11.4. The summed E-state index contributed by atoms with van der Waals surface area (Å²) >= 11 is 0. The van der Waals surface area contributed by atoms with E-state index in [1.807, 2.05) is 13.8 Å². The second-order valence-corrected chi connectivity index (χ2v) is 3.59. The van der Waals surface area contributed by atoms with Crippen LogP contribution in [0.25, 0.3) is 0 Å². The first-order valence-electron chi connectivity index (χ1n) is 5.16. The minimum absolute atomic E-state index is 0. The van der Waals surface area contributed by atoms with Crippen LogP contribution in [0.2, 0.25) is 0 Å². The van der Waals surface area contributed by atoms with E-state index in [9.17, 15) is 4.79 Å². The van der Waals surface area contributed by atoms with Gasteiger partial charge in [0.05, 0.1) is 6.04 Å². The molecule has 92 valence electrons. The van der Waals surface area contributed by atoms with E-state index in [0.29, 0.717) is 6.61 Å². The normalized spacial score (nSPS) is 13.9. The highest BCUT2D eigenvalue weighted by molar-refractivity contribution is 5.85. The molecule has 0 aromatic carbocycles. The van der Waals surface area contributed by atoms with Crippen LogP contribution in [0.15, 0.2) is 0 Å². The smallest absolute Gasteiger partial charge is 0.237 e. The second kappa shape index (κ2) is 10.2. The van der Waals surface area contributed by atoms with Crippen LogP contribution < -0.4 is 11.1 Å². The van der Waals surface area contributed by atoms with Crippen molar-refractivity contribution in [3.05, 3.63) is 0 Å². The molecule has 2 atom stereocenters. The number of nitrogens with one attached hydrogen (secondary N) is 1. The molecule has 4 nitrogen and oxygen atoms in total. The van der Waals surface area contributed by atoms with Gasteiger partial charge in [-0.1, -0.05) is 13.3 Å². The summed E-state index contributed by atoms with van der Waals surface area (Å²) in [5.74, 6) is -0.0598. The van der Waals surface area contributed by atoms with Gasteiger partial charge in [-0.25, -0.2) is 0 Å². The lowest BCUT2D eigenvalue weighted by Crippen LogP contribution is -2.44. The molecule has 0 spiro atoms. The minimum Gasteiger partial charge on any atom is -0.385 e. The summed E-state index contributed by atoms with van der Waals surface area (Å²) in [7, 11) is 1.65. The Morgan fingerprint density at radius 1 is 1.47 bits per heavy atom. The van der Waals surface area contributed by atoms with Gasteiger partial charge < -0.3 is 15.8 Å². The van der Waals surface area contributed by atoms with E-state index in [1.165, 1.54) is 0 Å². The minimum atomic E-state index is -0.370. The lowest BCUT2D eigenvalue weighted by Gasteiger charge is -2.16. The molecule has 0 saturated heterocycles. The molecule has 1 amide bonds. The average Bonchev–Trinajstić information content (AvgIpc) is 2.15. The van der Waals surface area contributed by atoms with Gasteiger partial charge in [0.2, 0.25) is 5.91 Å². The van der Waals surface area contributed by atoms with Crippen molar-refractivity contribution in [2.45, 2.75) is 45.2 Å². The highest BCUT2D eigenvalue weighted by Gasteiger charge is 2.14. The predicted octanol–water partition coefficient (Wildman–Crippen LogP) is 1.08. The first-order chi connectivity index (χ1) is 6.61. The second-order valence-electron chi connectivity index (χ2n) is 3.59. The van der Waals surface area contributed by atoms with E-state index >= 15 is 0 Å². The van der Waals surface area contributed by atoms with E-state index in [0.717, 1.165) is 19.3 Å². The number of nitrogens with two attached hydrogens (primary N) is 1. The van der Waals surface area contributed by atoms with E-state index in [4.69, 9.17) is 10.5 Å². The Morgan fingerprint density at radius 3 is 2.53 bits per heavy atom. The van der Waals surface area contributed by atoms with Crippen molar-refractivity contribution >= 4 is 18.3 Å². The lowest BCUT2D eigenvalue weighted by molar-refractivity contribution is -0.123.